The summed E-state index contributed by atoms with van der Waals surface area (Å²) in [6, 6.07) is 0. The molecule has 0 aliphatic heterocycles. The zero-order chi connectivity index (χ0) is 27.1. The smallest absolute Gasteiger partial charge is 0.0780 e. The van der Waals surface area contributed by atoms with Gasteiger partial charge in [-0.3, -0.25) is 0 Å². The van der Waals surface area contributed by atoms with Crippen molar-refractivity contribution >= 4 is 0 Å². The average Bonchev–Trinajstić information content (AvgIpc) is 2.86. The molecule has 0 radical (unpaired) electrons. The van der Waals surface area contributed by atoms with Crippen molar-refractivity contribution < 1.29 is 16.9 Å². The summed E-state index contributed by atoms with van der Waals surface area (Å²) in [5, 5.41) is 0. The highest BCUT2D eigenvalue weighted by molar-refractivity contribution is 4.52. The summed E-state index contributed by atoms with van der Waals surface area (Å²) in [4.78, 5) is 0. The Morgan fingerprint density at radius 2 is 0.421 bits per heavy atom. The van der Waals surface area contributed by atoms with Crippen molar-refractivity contribution in [2.24, 2.45) is 0 Å². The second-order valence-corrected chi connectivity index (χ2v) is 13.6. The summed E-state index contributed by atoms with van der Waals surface area (Å²) in [5.41, 5.74) is 0. The summed E-state index contributed by atoms with van der Waals surface area (Å²) < 4.78 is 1.12. The Bertz CT molecular complexity index is 403. The lowest BCUT2D eigenvalue weighted by atomic mass is 10.0. The SMILES string of the molecule is CCCCCCCCCCCCCCCCCCCCCCCCCCCCCCCCC[N+](C)(C)C.[Cl-]. The van der Waals surface area contributed by atoms with Crippen LogP contribution >= 0.6 is 0 Å². The van der Waals surface area contributed by atoms with Crippen molar-refractivity contribution in [2.45, 2.75) is 206 Å². The molecule has 1 nitrogen and oxygen atoms in total. The van der Waals surface area contributed by atoms with Crippen LogP contribution in [0.4, 0.5) is 0 Å². The number of rotatable bonds is 32. The fourth-order valence-corrected chi connectivity index (χ4v) is 5.79. The van der Waals surface area contributed by atoms with Crippen LogP contribution in [0.2, 0.25) is 0 Å². The van der Waals surface area contributed by atoms with E-state index >= 15 is 0 Å². The molecule has 0 unspecified atom stereocenters. The molecule has 0 rings (SSSR count). The van der Waals surface area contributed by atoms with E-state index in [1.54, 1.807) is 0 Å². The van der Waals surface area contributed by atoms with Crippen molar-refractivity contribution in [1.29, 1.82) is 0 Å². The molecule has 0 aliphatic carbocycles. The van der Waals surface area contributed by atoms with Gasteiger partial charge in [0.05, 0.1) is 27.7 Å². The molecule has 0 atom stereocenters. The third kappa shape index (κ3) is 38.4. The lowest BCUT2D eigenvalue weighted by Crippen LogP contribution is -3.00. The van der Waals surface area contributed by atoms with Gasteiger partial charge in [0, 0.05) is 0 Å². The third-order valence-electron chi connectivity index (χ3n) is 8.43. The van der Waals surface area contributed by atoms with Gasteiger partial charge in [0.15, 0.2) is 0 Å². The maximum absolute atomic E-state index is 2.31. The molecule has 0 aromatic rings. The molecular weight excluding hydrogens is 482 g/mol. The quantitative estimate of drug-likeness (QED) is 0.0570. The van der Waals surface area contributed by atoms with Crippen LogP contribution in [0.15, 0.2) is 0 Å². The van der Waals surface area contributed by atoms with Crippen molar-refractivity contribution in [3.63, 3.8) is 0 Å². The van der Waals surface area contributed by atoms with Crippen molar-refractivity contribution in [2.75, 3.05) is 27.7 Å². The Hall–Kier alpha value is 0.250. The predicted molar refractivity (Wildman–Crippen MR) is 172 cm³/mol. The lowest BCUT2D eigenvalue weighted by molar-refractivity contribution is -0.870. The predicted octanol–water partition coefficient (Wildman–Crippen LogP) is 9.81. The van der Waals surface area contributed by atoms with E-state index in [4.69, 9.17) is 0 Å². The number of hydrogen-bond acceptors (Lipinski definition) is 0. The number of halogens is 1. The number of quaternary nitrogens is 1. The van der Waals surface area contributed by atoms with Crippen molar-refractivity contribution in [1.82, 2.24) is 0 Å². The van der Waals surface area contributed by atoms with E-state index in [2.05, 4.69) is 28.1 Å². The normalized spacial score (nSPS) is 11.7. The molecule has 0 heterocycles. The zero-order valence-corrected chi connectivity index (χ0v) is 28.2. The molecule has 0 bridgehead atoms. The zero-order valence-electron chi connectivity index (χ0n) is 27.5. The fourth-order valence-electron chi connectivity index (χ4n) is 5.79. The average molecular weight is 558 g/mol. The fraction of sp³-hybridized carbons (Fsp3) is 1.00. The standard InChI is InChI=1S/C36H76N.ClH/c1-5-6-7-8-9-10-11-12-13-14-15-16-17-18-19-20-21-22-23-24-25-26-27-28-29-30-31-32-33-34-35-36-37(2,3)4;/h5-36H2,1-4H3;1H/q+1;/p-1. The number of hydrogen-bond donors (Lipinski definition) is 0. The third-order valence-corrected chi connectivity index (χ3v) is 8.43. The Labute approximate surface area is 250 Å². The van der Waals surface area contributed by atoms with E-state index in [0.29, 0.717) is 0 Å². The molecule has 0 aliphatic rings. The van der Waals surface area contributed by atoms with Gasteiger partial charge < -0.3 is 16.9 Å². The largest absolute Gasteiger partial charge is 1.00 e. The minimum absolute atomic E-state index is 0. The molecule has 0 amide bonds. The van der Waals surface area contributed by atoms with Gasteiger partial charge in [-0.2, -0.15) is 0 Å². The topological polar surface area (TPSA) is 0 Å². The molecule has 38 heavy (non-hydrogen) atoms. The summed E-state index contributed by atoms with van der Waals surface area (Å²) in [6.07, 6.45) is 45.8. The molecule has 0 fully saturated rings. The second kappa shape index (κ2) is 33.5. The maximum atomic E-state index is 2.31. The Morgan fingerprint density at radius 3 is 0.579 bits per heavy atom. The number of nitrogens with zero attached hydrogens (tertiary/aromatic N) is 1. The van der Waals surface area contributed by atoms with Crippen LogP contribution in [0.25, 0.3) is 0 Å². The van der Waals surface area contributed by atoms with Gasteiger partial charge in [-0.1, -0.05) is 193 Å². The molecule has 232 valence electrons. The van der Waals surface area contributed by atoms with E-state index in [-0.39, 0.29) is 12.4 Å². The van der Waals surface area contributed by atoms with E-state index in [1.165, 1.54) is 206 Å². The minimum atomic E-state index is 0. The Kier molecular flexibility index (Phi) is 35.6. The molecule has 0 aromatic carbocycles. The van der Waals surface area contributed by atoms with Gasteiger partial charge in [-0.15, -0.1) is 0 Å². The van der Waals surface area contributed by atoms with E-state index in [0.717, 1.165) is 4.48 Å². The first kappa shape index (κ1) is 40.4. The molecule has 0 saturated heterocycles. The van der Waals surface area contributed by atoms with Gasteiger partial charge >= 0.3 is 0 Å². The molecule has 0 N–H and O–H groups in total. The highest BCUT2D eigenvalue weighted by Crippen LogP contribution is 2.16. The van der Waals surface area contributed by atoms with E-state index in [1.807, 2.05) is 0 Å². The minimum Gasteiger partial charge on any atom is -1.00 e. The first-order valence-corrected chi connectivity index (χ1v) is 17.9. The molecule has 0 aromatic heterocycles. The van der Waals surface area contributed by atoms with Gasteiger partial charge in [-0.25, -0.2) is 0 Å². The van der Waals surface area contributed by atoms with Gasteiger partial charge in [0.1, 0.15) is 0 Å². The Morgan fingerprint density at radius 1 is 0.263 bits per heavy atom. The van der Waals surface area contributed by atoms with Crippen LogP contribution in [-0.4, -0.2) is 32.2 Å². The highest BCUT2D eigenvalue weighted by atomic mass is 35.5. The molecule has 2 heteroatoms. The van der Waals surface area contributed by atoms with Crippen LogP contribution < -0.4 is 12.4 Å². The van der Waals surface area contributed by atoms with Crippen LogP contribution in [0, 0.1) is 0 Å². The maximum Gasteiger partial charge on any atom is 0.0780 e. The number of unbranched alkanes of at least 4 members (excludes halogenated alkanes) is 30. The van der Waals surface area contributed by atoms with Crippen LogP contribution in [-0.2, 0) is 0 Å². The Balaban J connectivity index is 0. The van der Waals surface area contributed by atoms with Crippen LogP contribution in [0.3, 0.4) is 0 Å². The summed E-state index contributed by atoms with van der Waals surface area (Å²) in [6.45, 7) is 3.64. The van der Waals surface area contributed by atoms with Crippen molar-refractivity contribution in [3.8, 4) is 0 Å². The molecule has 0 spiro atoms. The van der Waals surface area contributed by atoms with E-state index < -0.39 is 0 Å². The van der Waals surface area contributed by atoms with Gasteiger partial charge in [0.25, 0.3) is 0 Å². The van der Waals surface area contributed by atoms with Gasteiger partial charge in [0.2, 0.25) is 0 Å². The summed E-state index contributed by atoms with van der Waals surface area (Å²) >= 11 is 0. The molecular formula is C36H76ClN. The first-order chi connectivity index (χ1) is 18.1. The summed E-state index contributed by atoms with van der Waals surface area (Å²) in [5.74, 6) is 0. The monoisotopic (exact) mass is 558 g/mol. The molecule has 0 saturated carbocycles. The summed E-state index contributed by atoms with van der Waals surface area (Å²) in [7, 11) is 6.92. The first-order valence-electron chi connectivity index (χ1n) is 17.9. The van der Waals surface area contributed by atoms with E-state index in [9.17, 15) is 0 Å². The van der Waals surface area contributed by atoms with Gasteiger partial charge in [-0.05, 0) is 12.8 Å². The lowest BCUT2D eigenvalue weighted by Gasteiger charge is -2.23. The van der Waals surface area contributed by atoms with Crippen LogP contribution in [0.5, 0.6) is 0 Å². The van der Waals surface area contributed by atoms with Crippen LogP contribution in [0.1, 0.15) is 206 Å². The van der Waals surface area contributed by atoms with Crippen molar-refractivity contribution in [3.05, 3.63) is 0 Å². The second-order valence-electron chi connectivity index (χ2n) is 13.6. The highest BCUT2D eigenvalue weighted by Gasteiger charge is 2.05.